The summed E-state index contributed by atoms with van der Waals surface area (Å²) in [5.74, 6) is 0.852. The first-order valence-electron chi connectivity index (χ1n) is 6.95. The van der Waals surface area contributed by atoms with Gasteiger partial charge in [0.25, 0.3) is 0 Å². The van der Waals surface area contributed by atoms with Crippen LogP contribution in [0.2, 0.25) is 0 Å². The molecule has 114 valence electrons. The minimum absolute atomic E-state index is 0.327. The van der Waals surface area contributed by atoms with E-state index < -0.39 is 0 Å². The number of nitrogens with one attached hydrogen (secondary N) is 2. The molecule has 1 heterocycles. The van der Waals surface area contributed by atoms with Crippen molar-refractivity contribution in [1.29, 1.82) is 0 Å². The van der Waals surface area contributed by atoms with Gasteiger partial charge in [0.1, 0.15) is 5.82 Å². The van der Waals surface area contributed by atoms with Gasteiger partial charge in [0.05, 0.1) is 12.2 Å². The standard InChI is InChI=1S/C16H18N4O2/c1-3-10-17-16-18-11-9-14(20-16)19-13-7-5-12(6-8-13)15(21)22-4-2/h3,5-9,11H,1,4,10H2,2H3,(H2,17,18,19,20). The van der Waals surface area contributed by atoms with Crippen LogP contribution >= 0.6 is 0 Å². The van der Waals surface area contributed by atoms with E-state index in [4.69, 9.17) is 4.74 Å². The molecule has 0 fully saturated rings. The molecule has 1 aromatic carbocycles. The largest absolute Gasteiger partial charge is 0.462 e. The van der Waals surface area contributed by atoms with E-state index in [1.165, 1.54) is 0 Å². The van der Waals surface area contributed by atoms with Gasteiger partial charge < -0.3 is 15.4 Å². The Kier molecular flexibility index (Phi) is 5.48. The second-order valence-electron chi connectivity index (χ2n) is 4.36. The van der Waals surface area contributed by atoms with Crippen LogP contribution in [-0.2, 0) is 4.74 Å². The van der Waals surface area contributed by atoms with Crippen LogP contribution in [0, 0.1) is 0 Å². The topological polar surface area (TPSA) is 76.1 Å². The number of hydrogen-bond donors (Lipinski definition) is 2. The summed E-state index contributed by atoms with van der Waals surface area (Å²) in [4.78, 5) is 20.0. The number of nitrogens with zero attached hydrogens (tertiary/aromatic N) is 2. The molecule has 22 heavy (non-hydrogen) atoms. The molecule has 0 aliphatic rings. The summed E-state index contributed by atoms with van der Waals surface area (Å²) in [5, 5.41) is 6.17. The van der Waals surface area contributed by atoms with Crippen molar-refractivity contribution >= 4 is 23.4 Å². The molecule has 0 aliphatic heterocycles. The van der Waals surface area contributed by atoms with Gasteiger partial charge in [0.15, 0.2) is 0 Å². The number of hydrogen-bond acceptors (Lipinski definition) is 6. The Labute approximate surface area is 129 Å². The smallest absolute Gasteiger partial charge is 0.338 e. The van der Waals surface area contributed by atoms with Gasteiger partial charge in [0.2, 0.25) is 5.95 Å². The molecule has 0 radical (unpaired) electrons. The van der Waals surface area contributed by atoms with Crippen LogP contribution in [0.25, 0.3) is 0 Å². The summed E-state index contributed by atoms with van der Waals surface area (Å²) in [5.41, 5.74) is 1.34. The van der Waals surface area contributed by atoms with Gasteiger partial charge in [-0.05, 0) is 37.3 Å². The molecule has 2 N–H and O–H groups in total. The summed E-state index contributed by atoms with van der Waals surface area (Å²) in [6, 6.07) is 8.77. The molecule has 6 heteroatoms. The van der Waals surface area contributed by atoms with Crippen molar-refractivity contribution in [2.75, 3.05) is 23.8 Å². The van der Waals surface area contributed by atoms with E-state index in [1.807, 2.05) is 0 Å². The van der Waals surface area contributed by atoms with Crippen LogP contribution in [0.3, 0.4) is 0 Å². The van der Waals surface area contributed by atoms with Crippen molar-refractivity contribution in [2.24, 2.45) is 0 Å². The summed E-state index contributed by atoms with van der Waals surface area (Å²) >= 11 is 0. The fourth-order valence-electron chi connectivity index (χ4n) is 1.73. The molecule has 0 aliphatic carbocycles. The second kappa shape index (κ2) is 7.78. The Bertz CT molecular complexity index is 641. The Morgan fingerprint density at radius 2 is 2.09 bits per heavy atom. The summed E-state index contributed by atoms with van der Waals surface area (Å²) in [7, 11) is 0. The molecular formula is C16H18N4O2. The Hall–Kier alpha value is -2.89. The molecule has 0 amide bonds. The van der Waals surface area contributed by atoms with E-state index in [1.54, 1.807) is 49.5 Å². The lowest BCUT2D eigenvalue weighted by Crippen LogP contribution is -2.05. The second-order valence-corrected chi connectivity index (χ2v) is 4.36. The van der Waals surface area contributed by atoms with Gasteiger partial charge in [-0.3, -0.25) is 0 Å². The number of anilines is 3. The maximum Gasteiger partial charge on any atom is 0.338 e. The molecule has 0 atom stereocenters. The van der Waals surface area contributed by atoms with E-state index in [2.05, 4.69) is 27.2 Å². The molecule has 0 spiro atoms. The van der Waals surface area contributed by atoms with Gasteiger partial charge in [0, 0.05) is 18.4 Å². The maximum absolute atomic E-state index is 11.6. The van der Waals surface area contributed by atoms with Crippen molar-refractivity contribution in [3.8, 4) is 0 Å². The summed E-state index contributed by atoms with van der Waals surface area (Å²) in [6.45, 7) is 6.37. The fraction of sp³-hybridized carbons (Fsp3) is 0.188. The van der Waals surface area contributed by atoms with Crippen LogP contribution in [0.15, 0.2) is 49.2 Å². The van der Waals surface area contributed by atoms with E-state index in [0.717, 1.165) is 5.69 Å². The van der Waals surface area contributed by atoms with E-state index >= 15 is 0 Å². The van der Waals surface area contributed by atoms with Gasteiger partial charge in [-0.2, -0.15) is 4.98 Å². The van der Waals surface area contributed by atoms with Gasteiger partial charge in [-0.15, -0.1) is 6.58 Å². The zero-order chi connectivity index (χ0) is 15.8. The minimum atomic E-state index is -0.327. The molecule has 2 rings (SSSR count). The van der Waals surface area contributed by atoms with Gasteiger partial charge >= 0.3 is 5.97 Å². The lowest BCUT2D eigenvalue weighted by atomic mass is 10.2. The molecular weight excluding hydrogens is 280 g/mol. The first-order valence-corrected chi connectivity index (χ1v) is 6.95. The Morgan fingerprint density at radius 1 is 1.32 bits per heavy atom. The molecule has 0 unspecified atom stereocenters. The zero-order valence-corrected chi connectivity index (χ0v) is 12.4. The number of aromatic nitrogens is 2. The van der Waals surface area contributed by atoms with Crippen LogP contribution < -0.4 is 10.6 Å². The monoisotopic (exact) mass is 298 g/mol. The van der Waals surface area contributed by atoms with E-state index in [9.17, 15) is 4.79 Å². The average Bonchev–Trinajstić information content (AvgIpc) is 2.54. The fourth-order valence-corrected chi connectivity index (χ4v) is 1.73. The van der Waals surface area contributed by atoms with Crippen molar-refractivity contribution in [3.63, 3.8) is 0 Å². The first-order chi connectivity index (χ1) is 10.7. The number of ether oxygens (including phenoxy) is 1. The van der Waals surface area contributed by atoms with Crippen molar-refractivity contribution in [2.45, 2.75) is 6.92 Å². The first kappa shape index (κ1) is 15.5. The lowest BCUT2D eigenvalue weighted by Gasteiger charge is -2.08. The van der Waals surface area contributed by atoms with E-state index in [0.29, 0.717) is 30.5 Å². The third kappa shape index (κ3) is 4.31. The predicted octanol–water partition coefficient (Wildman–Crippen LogP) is 2.99. The number of rotatable bonds is 7. The van der Waals surface area contributed by atoms with Crippen LogP contribution in [0.5, 0.6) is 0 Å². The summed E-state index contributed by atoms with van der Waals surface area (Å²) in [6.07, 6.45) is 3.39. The number of carbonyl (C=O) groups is 1. The molecule has 0 bridgehead atoms. The number of carbonyl (C=O) groups excluding carboxylic acids is 1. The number of esters is 1. The van der Waals surface area contributed by atoms with Crippen LogP contribution in [-0.4, -0.2) is 29.1 Å². The van der Waals surface area contributed by atoms with Gasteiger partial charge in [-0.25, -0.2) is 9.78 Å². The van der Waals surface area contributed by atoms with Crippen molar-refractivity contribution in [3.05, 3.63) is 54.7 Å². The van der Waals surface area contributed by atoms with Gasteiger partial charge in [-0.1, -0.05) is 6.08 Å². The lowest BCUT2D eigenvalue weighted by molar-refractivity contribution is 0.0526. The maximum atomic E-state index is 11.6. The average molecular weight is 298 g/mol. The number of benzene rings is 1. The highest BCUT2D eigenvalue weighted by molar-refractivity contribution is 5.89. The minimum Gasteiger partial charge on any atom is -0.462 e. The molecule has 2 aromatic rings. The van der Waals surface area contributed by atoms with Crippen LogP contribution in [0.1, 0.15) is 17.3 Å². The van der Waals surface area contributed by atoms with Crippen molar-refractivity contribution in [1.82, 2.24) is 9.97 Å². The van der Waals surface area contributed by atoms with Crippen molar-refractivity contribution < 1.29 is 9.53 Å². The molecule has 1 aromatic heterocycles. The highest BCUT2D eigenvalue weighted by Gasteiger charge is 2.06. The Morgan fingerprint density at radius 3 is 2.77 bits per heavy atom. The Balaban J connectivity index is 2.04. The molecule has 0 saturated carbocycles. The SMILES string of the molecule is C=CCNc1nccc(Nc2ccc(C(=O)OCC)cc2)n1. The predicted molar refractivity (Wildman–Crippen MR) is 86.4 cm³/mol. The van der Waals surface area contributed by atoms with E-state index in [-0.39, 0.29) is 5.97 Å². The normalized spacial score (nSPS) is 9.86. The molecule has 6 nitrogen and oxygen atoms in total. The zero-order valence-electron chi connectivity index (χ0n) is 12.4. The highest BCUT2D eigenvalue weighted by atomic mass is 16.5. The van der Waals surface area contributed by atoms with Crippen LogP contribution in [0.4, 0.5) is 17.5 Å². The molecule has 0 saturated heterocycles. The third-order valence-electron chi connectivity index (χ3n) is 2.73. The quantitative estimate of drug-likeness (QED) is 0.604. The highest BCUT2D eigenvalue weighted by Crippen LogP contribution is 2.16. The summed E-state index contributed by atoms with van der Waals surface area (Å²) < 4.78 is 4.94. The third-order valence-corrected chi connectivity index (χ3v) is 2.73.